The molecular weight excluding hydrogens is 715 g/mol. The van der Waals surface area contributed by atoms with E-state index < -0.39 is 17.3 Å². The van der Waals surface area contributed by atoms with Gasteiger partial charge < -0.3 is 20.1 Å². The van der Waals surface area contributed by atoms with Crippen LogP contribution in [0.25, 0.3) is 11.0 Å². The molecule has 9 heteroatoms. The van der Waals surface area contributed by atoms with Crippen LogP contribution in [0.15, 0.2) is 29.3 Å². The van der Waals surface area contributed by atoms with Crippen LogP contribution in [0.1, 0.15) is 149 Å². The van der Waals surface area contributed by atoms with Crippen LogP contribution in [0.4, 0.5) is 0 Å². The van der Waals surface area contributed by atoms with E-state index in [0.29, 0.717) is 48.5 Å². The average Bonchev–Trinajstić information content (AvgIpc) is 3.64. The predicted octanol–water partition coefficient (Wildman–Crippen LogP) is 9.63. The van der Waals surface area contributed by atoms with Crippen molar-refractivity contribution in [1.29, 1.82) is 0 Å². The van der Waals surface area contributed by atoms with Crippen molar-refractivity contribution in [3.8, 4) is 0 Å². The summed E-state index contributed by atoms with van der Waals surface area (Å²) in [6.07, 6.45) is 9.80. The van der Waals surface area contributed by atoms with Gasteiger partial charge in [0.2, 0.25) is 0 Å². The first-order valence-corrected chi connectivity index (χ1v) is 22.1. The summed E-state index contributed by atoms with van der Waals surface area (Å²) in [4.78, 5) is 60.7. The molecule has 0 aliphatic heterocycles. The smallest absolute Gasteiger partial charge is 0.309 e. The Kier molecular flexibility index (Phi) is 9.37. The molecule has 6 aliphatic rings. The third kappa shape index (κ3) is 5.76. The number of ether oxygens (including phenoxy) is 1. The number of hydrogen-bond donors (Lipinski definition) is 3. The second kappa shape index (κ2) is 13.3. The number of carboxylic acid groups (broad SMARTS) is 1. The van der Waals surface area contributed by atoms with Gasteiger partial charge >= 0.3 is 11.9 Å². The number of hydrogen-bond acceptors (Lipinski definition) is 6. The molecule has 5 fully saturated rings. The Labute approximate surface area is 339 Å². The lowest BCUT2D eigenvalue weighted by Crippen LogP contribution is -2.66. The van der Waals surface area contributed by atoms with Gasteiger partial charge in [-0.25, -0.2) is 4.98 Å². The second-order valence-electron chi connectivity index (χ2n) is 21.8. The van der Waals surface area contributed by atoms with Gasteiger partial charge in [0.25, 0.3) is 5.91 Å². The number of benzene rings is 1. The van der Waals surface area contributed by atoms with Crippen LogP contribution < -0.4 is 5.32 Å². The molecule has 1 amide bonds. The number of fused-ring (bicyclic) bond motifs is 8. The Morgan fingerprint density at radius 2 is 1.65 bits per heavy atom. The number of aliphatic carboxylic acids is 1. The van der Waals surface area contributed by atoms with Crippen molar-refractivity contribution in [2.45, 2.75) is 146 Å². The molecule has 3 N–H and O–H groups in total. The van der Waals surface area contributed by atoms with Crippen molar-refractivity contribution >= 4 is 34.7 Å². The number of carboxylic acids is 1. The fraction of sp³-hybridized carbons (Fsp3) is 0.729. The maximum absolute atomic E-state index is 14.1. The van der Waals surface area contributed by atoms with Gasteiger partial charge in [-0.05, 0) is 140 Å². The van der Waals surface area contributed by atoms with E-state index in [0.717, 1.165) is 80.2 Å². The minimum absolute atomic E-state index is 0.0400. The molecule has 10 atom stereocenters. The zero-order valence-corrected chi connectivity index (χ0v) is 36.2. The zero-order valence-electron chi connectivity index (χ0n) is 36.2. The minimum atomic E-state index is -0.828. The summed E-state index contributed by atoms with van der Waals surface area (Å²) in [5.41, 5.74) is 4.03. The van der Waals surface area contributed by atoms with Crippen molar-refractivity contribution in [1.82, 2.24) is 15.3 Å². The molecular formula is C48H67N3O6. The van der Waals surface area contributed by atoms with E-state index in [-0.39, 0.29) is 56.9 Å². The first-order chi connectivity index (χ1) is 26.6. The summed E-state index contributed by atoms with van der Waals surface area (Å²) >= 11 is 0. The van der Waals surface area contributed by atoms with Crippen LogP contribution in [-0.2, 0) is 19.1 Å². The Morgan fingerprint density at radius 3 is 2.33 bits per heavy atom. The Morgan fingerprint density at radius 1 is 0.912 bits per heavy atom. The molecule has 0 radical (unpaired) electrons. The fourth-order valence-corrected chi connectivity index (χ4v) is 15.0. The van der Waals surface area contributed by atoms with E-state index in [2.05, 4.69) is 63.8 Å². The quantitative estimate of drug-likeness (QED) is 0.227. The standard InChI is InChI=1S/C48H67N3O6/c1-26(2)38-34(52)25-48(21-22-49-40(53)28-11-13-32-33(23-28)51-27(3)50-32)20-19-46(9)29(39(38)48)12-14-36-45(8)17-16-37(44(6,7)35(45)15-18-47(36,46)10)57-42(56)31-24-30(41(54)55)43(31,4)5/h11,13,23,26,29-31,35-37H,12,14-22,24-25H2,1-10H3,(H,49,53)(H,50,51)(H,54,55)/t29-,30+,31-,35+,36-,37+,45+,46-,47-,48-/m1/s1. The third-order valence-electron chi connectivity index (χ3n) is 18.4. The first-order valence-electron chi connectivity index (χ1n) is 22.1. The normalized spacial score (nSPS) is 39.1. The number of carbonyl (C=O) groups is 4. The van der Waals surface area contributed by atoms with E-state index in [1.54, 1.807) is 0 Å². The lowest BCUT2D eigenvalue weighted by atomic mass is 9.33. The van der Waals surface area contributed by atoms with Gasteiger partial charge in [-0.1, -0.05) is 67.9 Å². The van der Waals surface area contributed by atoms with Crippen molar-refractivity contribution in [3.63, 3.8) is 0 Å². The van der Waals surface area contributed by atoms with Crippen molar-refractivity contribution in [2.75, 3.05) is 6.54 Å². The van der Waals surface area contributed by atoms with Crippen LogP contribution in [-0.4, -0.2) is 51.4 Å². The molecule has 2 aromatic rings. The summed E-state index contributed by atoms with van der Waals surface area (Å²) in [7, 11) is 0. The molecule has 5 saturated carbocycles. The van der Waals surface area contributed by atoms with Crippen LogP contribution in [0.2, 0.25) is 0 Å². The van der Waals surface area contributed by atoms with Gasteiger partial charge in [0.1, 0.15) is 11.9 Å². The second-order valence-corrected chi connectivity index (χ2v) is 21.8. The molecule has 310 valence electrons. The number of H-pyrrole nitrogens is 1. The van der Waals surface area contributed by atoms with Crippen molar-refractivity contribution in [2.24, 2.45) is 68.0 Å². The number of Topliss-reactive ketones (excluding diaryl/α,β-unsaturated/α-hetero) is 1. The summed E-state index contributed by atoms with van der Waals surface area (Å²) in [5, 5.41) is 12.9. The number of aromatic nitrogens is 2. The SMILES string of the molecule is Cc1nc2ccc(C(=O)NCC[C@@]34CC[C@]5(C)[C@H](CC[C@@H]6[C@@]7(C)CC[C@H](OC(=O)[C@H]8C[C@@H](C(=O)O)C8(C)C)C(C)(C)[C@@H]7CC[C@]65C)C3=C(C(C)C)C(=O)C4)cc2[nH]1. The van der Waals surface area contributed by atoms with E-state index in [9.17, 15) is 24.3 Å². The molecule has 0 unspecified atom stereocenters. The monoisotopic (exact) mass is 782 g/mol. The maximum Gasteiger partial charge on any atom is 0.309 e. The predicted molar refractivity (Wildman–Crippen MR) is 220 cm³/mol. The minimum Gasteiger partial charge on any atom is -0.481 e. The summed E-state index contributed by atoms with van der Waals surface area (Å²) in [5.74, 6) is 0.532. The van der Waals surface area contributed by atoms with Gasteiger partial charge in [0.05, 0.1) is 22.9 Å². The van der Waals surface area contributed by atoms with Crippen LogP contribution in [0, 0.1) is 74.9 Å². The van der Waals surface area contributed by atoms with Gasteiger partial charge in [0.15, 0.2) is 5.78 Å². The Bertz CT molecular complexity index is 2060. The molecule has 9 nitrogen and oxygen atoms in total. The van der Waals surface area contributed by atoms with E-state index in [1.807, 2.05) is 39.0 Å². The lowest BCUT2D eigenvalue weighted by molar-refractivity contribution is -0.236. The topological polar surface area (TPSA) is 138 Å². The molecule has 1 heterocycles. The highest BCUT2D eigenvalue weighted by molar-refractivity contribution is 6.01. The van der Waals surface area contributed by atoms with Crippen LogP contribution >= 0.6 is 0 Å². The zero-order chi connectivity index (χ0) is 41.2. The molecule has 0 bridgehead atoms. The molecule has 0 saturated heterocycles. The lowest BCUT2D eigenvalue weighted by Gasteiger charge is -2.72. The Hall–Kier alpha value is -3.49. The number of esters is 1. The van der Waals surface area contributed by atoms with Crippen molar-refractivity contribution in [3.05, 3.63) is 40.7 Å². The fourth-order valence-electron chi connectivity index (χ4n) is 15.0. The van der Waals surface area contributed by atoms with E-state index in [4.69, 9.17) is 4.74 Å². The molecule has 1 aromatic heterocycles. The number of nitrogens with zero attached hydrogens (tertiary/aromatic N) is 1. The van der Waals surface area contributed by atoms with Crippen molar-refractivity contribution < 1.29 is 29.0 Å². The van der Waals surface area contributed by atoms with Gasteiger partial charge in [-0.2, -0.15) is 0 Å². The number of allylic oxidation sites excluding steroid dienone is 2. The van der Waals surface area contributed by atoms with Crippen LogP contribution in [0.5, 0.6) is 0 Å². The van der Waals surface area contributed by atoms with Gasteiger partial charge in [0, 0.05) is 29.4 Å². The molecule has 57 heavy (non-hydrogen) atoms. The first kappa shape index (κ1) is 40.3. The number of aromatic amines is 1. The number of aryl methyl sites for hydroxylation is 1. The van der Waals surface area contributed by atoms with E-state index in [1.165, 1.54) is 5.57 Å². The Balaban J connectivity index is 1.01. The number of imidazole rings is 1. The number of rotatable bonds is 8. The number of nitrogens with one attached hydrogen (secondary N) is 2. The molecule has 6 aliphatic carbocycles. The third-order valence-corrected chi connectivity index (χ3v) is 18.4. The van der Waals surface area contributed by atoms with Gasteiger partial charge in [-0.3, -0.25) is 19.2 Å². The summed E-state index contributed by atoms with van der Waals surface area (Å²) in [6.45, 7) is 23.0. The van der Waals surface area contributed by atoms with Crippen LogP contribution in [0.3, 0.4) is 0 Å². The maximum atomic E-state index is 14.1. The molecule has 1 aromatic carbocycles. The molecule has 0 spiro atoms. The highest BCUT2D eigenvalue weighted by Gasteiger charge is 2.70. The number of carbonyl (C=O) groups excluding carboxylic acids is 3. The highest BCUT2D eigenvalue weighted by atomic mass is 16.5. The van der Waals surface area contributed by atoms with Gasteiger partial charge in [-0.15, -0.1) is 0 Å². The number of ketones is 1. The summed E-state index contributed by atoms with van der Waals surface area (Å²) in [6, 6.07) is 5.60. The highest BCUT2D eigenvalue weighted by Crippen LogP contribution is 2.77. The largest absolute Gasteiger partial charge is 0.481 e. The molecule has 8 rings (SSSR count). The average molecular weight is 782 g/mol. The summed E-state index contributed by atoms with van der Waals surface area (Å²) < 4.78 is 6.43. The van der Waals surface area contributed by atoms with E-state index >= 15 is 0 Å². The number of amides is 1.